The lowest BCUT2D eigenvalue weighted by Crippen LogP contribution is -2.51. The first-order chi connectivity index (χ1) is 12.5. The zero-order valence-corrected chi connectivity index (χ0v) is 16.5. The number of rotatable bonds is 5. The van der Waals surface area contributed by atoms with Crippen LogP contribution in [0.4, 0.5) is 0 Å². The smallest absolute Gasteiger partial charge is 0.237 e. The Morgan fingerprint density at radius 2 is 1.73 bits per heavy atom. The Hall–Kier alpha value is -1.75. The highest BCUT2D eigenvalue weighted by Gasteiger charge is 2.33. The SMILES string of the molecule is COc1ccc(C2CCCN2CC(=O)N2C(C)CCCC2C)cc1OC. The average molecular weight is 360 g/mol. The zero-order valence-electron chi connectivity index (χ0n) is 16.5. The molecule has 1 aromatic carbocycles. The van der Waals surface area contributed by atoms with Crippen LogP contribution in [0.15, 0.2) is 18.2 Å². The molecule has 1 aromatic rings. The van der Waals surface area contributed by atoms with Gasteiger partial charge in [-0.25, -0.2) is 0 Å². The van der Waals surface area contributed by atoms with Crippen molar-refractivity contribution in [3.8, 4) is 11.5 Å². The van der Waals surface area contributed by atoms with E-state index in [-0.39, 0.29) is 11.9 Å². The van der Waals surface area contributed by atoms with Gasteiger partial charge in [0.2, 0.25) is 5.91 Å². The molecule has 0 bridgehead atoms. The Balaban J connectivity index is 1.73. The predicted octanol–water partition coefficient (Wildman–Crippen LogP) is 3.63. The maximum atomic E-state index is 13.0. The molecule has 144 valence electrons. The van der Waals surface area contributed by atoms with Crippen LogP contribution in [-0.4, -0.2) is 55.1 Å². The summed E-state index contributed by atoms with van der Waals surface area (Å²) in [4.78, 5) is 17.5. The van der Waals surface area contributed by atoms with Gasteiger partial charge in [-0.1, -0.05) is 6.07 Å². The van der Waals surface area contributed by atoms with Gasteiger partial charge in [0.1, 0.15) is 0 Å². The van der Waals surface area contributed by atoms with E-state index in [1.54, 1.807) is 14.2 Å². The van der Waals surface area contributed by atoms with Crippen LogP contribution < -0.4 is 9.47 Å². The Kier molecular flexibility index (Phi) is 6.07. The number of nitrogens with zero attached hydrogens (tertiary/aromatic N) is 2. The standard InChI is InChI=1S/C21H32N2O3/c1-15-7-5-8-16(2)23(15)21(24)14-22-12-6-9-18(22)17-10-11-19(25-3)20(13-17)26-4/h10-11,13,15-16,18H,5-9,12,14H2,1-4H3. The Morgan fingerprint density at radius 3 is 2.38 bits per heavy atom. The number of benzene rings is 1. The van der Waals surface area contributed by atoms with Crippen molar-refractivity contribution in [2.75, 3.05) is 27.3 Å². The number of hydrogen-bond donors (Lipinski definition) is 0. The molecule has 0 radical (unpaired) electrons. The molecule has 2 saturated heterocycles. The van der Waals surface area contributed by atoms with E-state index in [1.165, 1.54) is 12.0 Å². The molecular formula is C21H32N2O3. The molecule has 0 spiro atoms. The van der Waals surface area contributed by atoms with E-state index in [9.17, 15) is 4.79 Å². The van der Waals surface area contributed by atoms with Gasteiger partial charge in [-0.3, -0.25) is 9.69 Å². The number of hydrogen-bond acceptors (Lipinski definition) is 4. The van der Waals surface area contributed by atoms with Gasteiger partial charge in [0.15, 0.2) is 11.5 Å². The molecule has 0 aromatic heterocycles. The molecule has 3 atom stereocenters. The summed E-state index contributed by atoms with van der Waals surface area (Å²) >= 11 is 0. The average Bonchev–Trinajstić information content (AvgIpc) is 3.09. The first-order valence-corrected chi connectivity index (χ1v) is 9.82. The normalized spacial score (nSPS) is 26.8. The minimum atomic E-state index is 0.272. The first-order valence-electron chi connectivity index (χ1n) is 9.82. The highest BCUT2D eigenvalue weighted by molar-refractivity contribution is 5.79. The number of carbonyl (C=O) groups is 1. The van der Waals surface area contributed by atoms with Crippen molar-refractivity contribution in [3.63, 3.8) is 0 Å². The van der Waals surface area contributed by atoms with Crippen LogP contribution in [-0.2, 0) is 4.79 Å². The third kappa shape index (κ3) is 3.83. The summed E-state index contributed by atoms with van der Waals surface area (Å²) in [6.07, 6.45) is 5.67. The predicted molar refractivity (Wildman–Crippen MR) is 103 cm³/mol. The summed E-state index contributed by atoms with van der Waals surface area (Å²) in [5.74, 6) is 1.77. The minimum absolute atomic E-state index is 0.272. The van der Waals surface area contributed by atoms with Crippen molar-refractivity contribution >= 4 is 5.91 Å². The molecule has 2 heterocycles. The molecule has 26 heavy (non-hydrogen) atoms. The van der Waals surface area contributed by atoms with Crippen LogP contribution in [0.2, 0.25) is 0 Å². The van der Waals surface area contributed by atoms with Gasteiger partial charge < -0.3 is 14.4 Å². The third-order valence-electron chi connectivity index (χ3n) is 5.98. The van der Waals surface area contributed by atoms with Crippen molar-refractivity contribution in [1.29, 1.82) is 0 Å². The first kappa shape index (κ1) is 19.0. The van der Waals surface area contributed by atoms with Crippen molar-refractivity contribution in [2.24, 2.45) is 0 Å². The highest BCUT2D eigenvalue weighted by atomic mass is 16.5. The van der Waals surface area contributed by atoms with Crippen LogP contribution in [0.5, 0.6) is 11.5 Å². The van der Waals surface area contributed by atoms with Crippen LogP contribution >= 0.6 is 0 Å². The summed E-state index contributed by atoms with van der Waals surface area (Å²) in [6.45, 7) is 5.85. The van der Waals surface area contributed by atoms with E-state index in [4.69, 9.17) is 9.47 Å². The van der Waals surface area contributed by atoms with Gasteiger partial charge in [0.05, 0.1) is 20.8 Å². The Labute approximate surface area is 157 Å². The Morgan fingerprint density at radius 1 is 1.04 bits per heavy atom. The van der Waals surface area contributed by atoms with Gasteiger partial charge in [-0.15, -0.1) is 0 Å². The lowest BCUT2D eigenvalue weighted by atomic mass is 9.97. The molecule has 0 N–H and O–H groups in total. The van der Waals surface area contributed by atoms with E-state index in [2.05, 4.69) is 35.8 Å². The second-order valence-electron chi connectivity index (χ2n) is 7.67. The number of carbonyl (C=O) groups excluding carboxylic acids is 1. The van der Waals surface area contributed by atoms with Gasteiger partial charge in [0.25, 0.3) is 0 Å². The summed E-state index contributed by atoms with van der Waals surface area (Å²) in [7, 11) is 3.32. The lowest BCUT2D eigenvalue weighted by molar-refractivity contribution is -0.138. The van der Waals surface area contributed by atoms with Crippen LogP contribution in [0.3, 0.4) is 0 Å². The van der Waals surface area contributed by atoms with E-state index in [0.29, 0.717) is 18.6 Å². The van der Waals surface area contributed by atoms with E-state index in [1.807, 2.05) is 6.07 Å². The fourth-order valence-corrected chi connectivity index (χ4v) is 4.62. The monoisotopic (exact) mass is 360 g/mol. The molecule has 2 aliphatic rings. The summed E-state index contributed by atoms with van der Waals surface area (Å²) in [5.41, 5.74) is 1.20. The van der Waals surface area contributed by atoms with Crippen molar-refractivity contribution in [3.05, 3.63) is 23.8 Å². The quantitative estimate of drug-likeness (QED) is 0.804. The van der Waals surface area contributed by atoms with Crippen molar-refractivity contribution in [2.45, 2.75) is 64.1 Å². The van der Waals surface area contributed by atoms with E-state index < -0.39 is 0 Å². The largest absolute Gasteiger partial charge is 0.493 e. The fraction of sp³-hybridized carbons (Fsp3) is 0.667. The van der Waals surface area contributed by atoms with Crippen molar-refractivity contribution < 1.29 is 14.3 Å². The van der Waals surface area contributed by atoms with Gasteiger partial charge in [-0.05, 0) is 70.2 Å². The number of likely N-dealkylation sites (tertiary alicyclic amines) is 2. The minimum Gasteiger partial charge on any atom is -0.493 e. The van der Waals surface area contributed by atoms with Crippen LogP contribution in [0.25, 0.3) is 0 Å². The van der Waals surface area contributed by atoms with Gasteiger partial charge in [-0.2, -0.15) is 0 Å². The fourth-order valence-electron chi connectivity index (χ4n) is 4.62. The molecule has 5 nitrogen and oxygen atoms in total. The lowest BCUT2D eigenvalue weighted by Gasteiger charge is -2.40. The topological polar surface area (TPSA) is 42.0 Å². The van der Waals surface area contributed by atoms with Crippen LogP contribution in [0.1, 0.15) is 57.6 Å². The van der Waals surface area contributed by atoms with Crippen molar-refractivity contribution in [1.82, 2.24) is 9.80 Å². The maximum absolute atomic E-state index is 13.0. The van der Waals surface area contributed by atoms with Crippen LogP contribution in [0, 0.1) is 0 Å². The molecule has 1 amide bonds. The second-order valence-corrected chi connectivity index (χ2v) is 7.67. The van der Waals surface area contributed by atoms with Gasteiger partial charge >= 0.3 is 0 Å². The summed E-state index contributed by atoms with van der Waals surface area (Å²) in [5, 5.41) is 0. The Bertz CT molecular complexity index is 624. The molecule has 0 saturated carbocycles. The number of piperidine rings is 1. The van der Waals surface area contributed by atoms with Gasteiger partial charge in [0, 0.05) is 18.1 Å². The number of ether oxygens (including phenoxy) is 2. The van der Waals surface area contributed by atoms with E-state index >= 15 is 0 Å². The molecule has 5 heteroatoms. The van der Waals surface area contributed by atoms with E-state index in [0.717, 1.165) is 43.7 Å². The molecule has 2 aliphatic heterocycles. The summed E-state index contributed by atoms with van der Waals surface area (Å²) < 4.78 is 10.8. The second kappa shape index (κ2) is 8.30. The molecule has 3 unspecified atom stereocenters. The zero-order chi connectivity index (χ0) is 18.7. The summed E-state index contributed by atoms with van der Waals surface area (Å²) in [6, 6.07) is 7.09. The third-order valence-corrected chi connectivity index (χ3v) is 5.98. The molecular weight excluding hydrogens is 328 g/mol. The maximum Gasteiger partial charge on any atom is 0.237 e. The number of methoxy groups -OCH3 is 2. The number of amides is 1. The molecule has 0 aliphatic carbocycles. The highest BCUT2D eigenvalue weighted by Crippen LogP contribution is 2.37. The molecule has 2 fully saturated rings. The molecule has 3 rings (SSSR count).